The van der Waals surface area contributed by atoms with Gasteiger partial charge in [-0.3, -0.25) is 14.9 Å². The number of nitrogens with one attached hydrogen (secondary N) is 4. The fourth-order valence-corrected chi connectivity index (χ4v) is 6.30. The maximum atomic E-state index is 13.7. The zero-order valence-electron chi connectivity index (χ0n) is 29.0. The number of rotatable bonds is 17. The van der Waals surface area contributed by atoms with Crippen LogP contribution in [-0.4, -0.2) is 43.6 Å². The van der Waals surface area contributed by atoms with Gasteiger partial charge >= 0.3 is 6.09 Å². The SMILES string of the molecule is CNC(=O)C(CCCCNC(c1ccccc1)(c1ccccc1)c1ccccc1)NC(=O)C(Cc1ccccc1)NC(=O)OCc1ccccc1. The van der Waals surface area contributed by atoms with E-state index in [2.05, 4.69) is 94.1 Å². The third kappa shape index (κ3) is 10.2. The molecule has 5 aromatic carbocycles. The number of unbranched alkanes of at least 4 members (excludes halogenated alkanes) is 1. The van der Waals surface area contributed by atoms with Crippen LogP contribution in [0, 0.1) is 0 Å². The minimum absolute atomic E-state index is 0.0708. The monoisotopic (exact) mass is 682 g/mol. The molecule has 8 nitrogen and oxygen atoms in total. The van der Waals surface area contributed by atoms with Gasteiger partial charge < -0.3 is 20.7 Å². The van der Waals surface area contributed by atoms with Crippen LogP contribution in [0.4, 0.5) is 4.79 Å². The summed E-state index contributed by atoms with van der Waals surface area (Å²) in [5.41, 5.74) is 4.47. The second-order valence-electron chi connectivity index (χ2n) is 12.4. The quantitative estimate of drug-likeness (QED) is 0.0661. The van der Waals surface area contributed by atoms with Crippen molar-refractivity contribution < 1.29 is 19.1 Å². The summed E-state index contributed by atoms with van der Waals surface area (Å²) in [5, 5.41) is 12.2. The Morgan fingerprint density at radius 2 is 1.04 bits per heavy atom. The van der Waals surface area contributed by atoms with Gasteiger partial charge in [0.2, 0.25) is 11.8 Å². The molecule has 0 aliphatic carbocycles. The van der Waals surface area contributed by atoms with Crippen molar-refractivity contribution in [3.63, 3.8) is 0 Å². The van der Waals surface area contributed by atoms with Crippen LogP contribution in [0.2, 0.25) is 0 Å². The smallest absolute Gasteiger partial charge is 0.408 e. The normalized spacial score (nSPS) is 12.3. The van der Waals surface area contributed by atoms with Crippen LogP contribution in [0.25, 0.3) is 0 Å². The van der Waals surface area contributed by atoms with E-state index in [0.717, 1.165) is 34.2 Å². The summed E-state index contributed by atoms with van der Waals surface area (Å²) < 4.78 is 5.42. The van der Waals surface area contributed by atoms with Crippen molar-refractivity contribution in [2.45, 2.75) is 49.9 Å². The maximum Gasteiger partial charge on any atom is 0.408 e. The van der Waals surface area contributed by atoms with E-state index in [1.165, 1.54) is 0 Å². The van der Waals surface area contributed by atoms with Gasteiger partial charge in [-0.25, -0.2) is 4.79 Å². The first-order valence-corrected chi connectivity index (χ1v) is 17.4. The molecule has 2 unspecified atom stereocenters. The molecule has 0 spiro atoms. The van der Waals surface area contributed by atoms with E-state index in [9.17, 15) is 14.4 Å². The summed E-state index contributed by atoms with van der Waals surface area (Å²) in [6, 6.07) is 48.2. The number of hydrogen-bond donors (Lipinski definition) is 4. The highest BCUT2D eigenvalue weighted by molar-refractivity contribution is 5.91. The third-order valence-electron chi connectivity index (χ3n) is 8.91. The van der Waals surface area contributed by atoms with Gasteiger partial charge in [0.05, 0.1) is 5.54 Å². The zero-order chi connectivity index (χ0) is 35.7. The first kappa shape index (κ1) is 36.5. The van der Waals surface area contributed by atoms with Gasteiger partial charge in [-0.2, -0.15) is 0 Å². The van der Waals surface area contributed by atoms with E-state index < -0.39 is 29.6 Å². The predicted octanol–water partition coefficient (Wildman–Crippen LogP) is 6.51. The number of amides is 3. The summed E-state index contributed by atoms with van der Waals surface area (Å²) in [6.07, 6.45) is 1.35. The van der Waals surface area contributed by atoms with E-state index >= 15 is 0 Å². The summed E-state index contributed by atoms with van der Waals surface area (Å²) in [4.78, 5) is 39.6. The van der Waals surface area contributed by atoms with Crippen LogP contribution in [-0.2, 0) is 32.9 Å². The van der Waals surface area contributed by atoms with E-state index in [0.29, 0.717) is 19.4 Å². The second kappa shape index (κ2) is 18.9. The summed E-state index contributed by atoms with van der Waals surface area (Å²) in [7, 11) is 1.55. The number of carbonyl (C=O) groups excluding carboxylic acids is 3. The van der Waals surface area contributed by atoms with Crippen molar-refractivity contribution in [3.05, 3.63) is 179 Å². The lowest BCUT2D eigenvalue weighted by Crippen LogP contribution is -2.54. The summed E-state index contributed by atoms with van der Waals surface area (Å²) in [5.74, 6) is -0.757. The zero-order valence-corrected chi connectivity index (χ0v) is 29.0. The molecule has 0 aliphatic rings. The Bertz CT molecular complexity index is 1690. The molecule has 0 bridgehead atoms. The molecule has 5 rings (SSSR count). The number of alkyl carbamates (subject to hydrolysis) is 1. The van der Waals surface area contributed by atoms with Crippen LogP contribution < -0.4 is 21.3 Å². The first-order valence-electron chi connectivity index (χ1n) is 17.4. The molecule has 262 valence electrons. The lowest BCUT2D eigenvalue weighted by molar-refractivity contribution is -0.129. The van der Waals surface area contributed by atoms with Crippen LogP contribution >= 0.6 is 0 Å². The van der Waals surface area contributed by atoms with Gasteiger partial charge in [-0.15, -0.1) is 0 Å². The van der Waals surface area contributed by atoms with Crippen LogP contribution in [0.5, 0.6) is 0 Å². The van der Waals surface area contributed by atoms with Crippen molar-refractivity contribution in [3.8, 4) is 0 Å². The number of carbonyl (C=O) groups is 3. The molecule has 8 heteroatoms. The van der Waals surface area contributed by atoms with Crippen molar-refractivity contribution in [2.24, 2.45) is 0 Å². The fourth-order valence-electron chi connectivity index (χ4n) is 6.30. The maximum absolute atomic E-state index is 13.7. The predicted molar refractivity (Wildman–Crippen MR) is 201 cm³/mol. The standard InChI is InChI=1S/C43H46N4O4/c1-44-40(48)38(46-41(49)39(31-33-19-7-2-8-20-33)47-42(50)51-32-34-21-9-3-10-22-34)29-17-18-30-45-43(35-23-11-4-12-24-35,36-25-13-5-14-26-36)37-27-15-6-16-28-37/h2-16,19-28,38-39,45H,17-18,29-32H2,1H3,(H,44,48)(H,46,49)(H,47,50). The molecule has 0 aromatic heterocycles. The molecule has 0 radical (unpaired) electrons. The van der Waals surface area contributed by atoms with E-state index in [-0.39, 0.29) is 18.9 Å². The van der Waals surface area contributed by atoms with Crippen LogP contribution in [0.15, 0.2) is 152 Å². The highest BCUT2D eigenvalue weighted by Crippen LogP contribution is 2.36. The number of likely N-dealkylation sites (N-methyl/N-ethyl adjacent to an activating group) is 1. The molecule has 0 heterocycles. The highest BCUT2D eigenvalue weighted by Gasteiger charge is 2.35. The average molecular weight is 683 g/mol. The molecular weight excluding hydrogens is 636 g/mol. The van der Waals surface area contributed by atoms with Gasteiger partial charge in [0.1, 0.15) is 18.7 Å². The lowest BCUT2D eigenvalue weighted by Gasteiger charge is -2.37. The van der Waals surface area contributed by atoms with Crippen molar-refractivity contribution >= 4 is 17.9 Å². The Morgan fingerprint density at radius 3 is 1.53 bits per heavy atom. The van der Waals surface area contributed by atoms with Gasteiger partial charge in [0.15, 0.2) is 0 Å². The largest absolute Gasteiger partial charge is 0.445 e. The molecule has 2 atom stereocenters. The molecule has 4 N–H and O–H groups in total. The molecule has 51 heavy (non-hydrogen) atoms. The first-order chi connectivity index (χ1) is 25.0. The average Bonchev–Trinajstić information content (AvgIpc) is 3.19. The van der Waals surface area contributed by atoms with Gasteiger partial charge in [0, 0.05) is 13.5 Å². The van der Waals surface area contributed by atoms with Crippen molar-refractivity contribution in [1.82, 2.24) is 21.3 Å². The Morgan fingerprint density at radius 1 is 0.569 bits per heavy atom. The van der Waals surface area contributed by atoms with Gasteiger partial charge in [-0.05, 0) is 53.6 Å². The Balaban J connectivity index is 1.25. The van der Waals surface area contributed by atoms with Crippen molar-refractivity contribution in [1.29, 1.82) is 0 Å². The molecule has 3 amide bonds. The third-order valence-corrected chi connectivity index (χ3v) is 8.91. The van der Waals surface area contributed by atoms with E-state index in [1.54, 1.807) is 7.05 Å². The molecule has 0 aliphatic heterocycles. The summed E-state index contributed by atoms with van der Waals surface area (Å²) in [6.45, 7) is 0.722. The van der Waals surface area contributed by atoms with Gasteiger partial charge in [0.25, 0.3) is 0 Å². The number of ether oxygens (including phenoxy) is 1. The molecule has 0 saturated heterocycles. The molecule has 0 fully saturated rings. The molecule has 0 saturated carbocycles. The van der Waals surface area contributed by atoms with Crippen molar-refractivity contribution in [2.75, 3.05) is 13.6 Å². The minimum Gasteiger partial charge on any atom is -0.445 e. The highest BCUT2D eigenvalue weighted by atomic mass is 16.5. The van der Waals surface area contributed by atoms with E-state index in [4.69, 9.17) is 4.74 Å². The number of benzene rings is 5. The Hall–Kier alpha value is -5.73. The number of hydrogen-bond acceptors (Lipinski definition) is 5. The minimum atomic E-state index is -0.951. The topological polar surface area (TPSA) is 109 Å². The van der Waals surface area contributed by atoms with Crippen LogP contribution in [0.3, 0.4) is 0 Å². The second-order valence-corrected chi connectivity index (χ2v) is 12.4. The Kier molecular flexibility index (Phi) is 13.5. The van der Waals surface area contributed by atoms with Gasteiger partial charge in [-0.1, -0.05) is 152 Å². The lowest BCUT2D eigenvalue weighted by atomic mass is 9.77. The fraction of sp³-hybridized carbons (Fsp3) is 0.233. The molecular formula is C43H46N4O4. The van der Waals surface area contributed by atoms with E-state index in [1.807, 2.05) is 78.9 Å². The summed E-state index contributed by atoms with van der Waals surface area (Å²) >= 11 is 0. The van der Waals surface area contributed by atoms with Crippen LogP contribution in [0.1, 0.15) is 47.1 Å². The Labute approximate surface area is 300 Å². The molecule has 5 aromatic rings.